The third-order valence-electron chi connectivity index (χ3n) is 4.50. The Kier molecular flexibility index (Phi) is 4.01. The van der Waals surface area contributed by atoms with E-state index in [2.05, 4.69) is 28.1 Å². The van der Waals surface area contributed by atoms with Crippen LogP contribution in [-0.4, -0.2) is 27.6 Å². The largest absolute Gasteiger partial charge is 0.339 e. The highest BCUT2D eigenvalue weighted by Crippen LogP contribution is 2.33. The molecule has 1 fully saturated rings. The molecule has 2 aromatic heterocycles. The van der Waals surface area contributed by atoms with E-state index < -0.39 is 0 Å². The minimum Gasteiger partial charge on any atom is -0.339 e. The van der Waals surface area contributed by atoms with Crippen molar-refractivity contribution >= 4 is 11.6 Å². The maximum Gasteiger partial charge on any atom is 0.232 e. The fourth-order valence-corrected chi connectivity index (χ4v) is 3.19. The van der Waals surface area contributed by atoms with E-state index in [1.54, 1.807) is 12.4 Å². The van der Waals surface area contributed by atoms with E-state index in [4.69, 9.17) is 4.52 Å². The zero-order valence-electron chi connectivity index (χ0n) is 13.9. The van der Waals surface area contributed by atoms with Crippen LogP contribution in [0.25, 0.3) is 11.4 Å². The Labute approximate surface area is 145 Å². The lowest BCUT2D eigenvalue weighted by atomic mass is 10.1. The molecule has 1 atom stereocenters. The number of carbonyl (C=O) groups excluding carboxylic acids is 1. The lowest BCUT2D eigenvalue weighted by molar-refractivity contribution is -0.117. The van der Waals surface area contributed by atoms with E-state index in [-0.39, 0.29) is 11.8 Å². The second kappa shape index (κ2) is 6.47. The summed E-state index contributed by atoms with van der Waals surface area (Å²) in [5, 5.41) is 4.03. The van der Waals surface area contributed by atoms with Crippen molar-refractivity contribution in [3.05, 3.63) is 60.2 Å². The summed E-state index contributed by atoms with van der Waals surface area (Å²) in [6, 6.07) is 11.7. The van der Waals surface area contributed by atoms with Gasteiger partial charge in [-0.2, -0.15) is 4.98 Å². The Bertz CT molecular complexity index is 891. The van der Waals surface area contributed by atoms with E-state index in [0.29, 0.717) is 24.7 Å². The van der Waals surface area contributed by atoms with Gasteiger partial charge in [0.2, 0.25) is 17.6 Å². The zero-order valence-corrected chi connectivity index (χ0v) is 13.9. The number of aromatic nitrogens is 3. The van der Waals surface area contributed by atoms with Gasteiger partial charge < -0.3 is 9.42 Å². The number of pyridine rings is 1. The van der Waals surface area contributed by atoms with Crippen molar-refractivity contribution in [2.45, 2.75) is 25.7 Å². The number of nitrogens with zero attached hydrogens (tertiary/aromatic N) is 4. The lowest BCUT2D eigenvalue weighted by Gasteiger charge is -2.19. The number of benzene rings is 1. The maximum absolute atomic E-state index is 12.5. The SMILES string of the molecule is CCc1ccccc1N1CC(c2nc(-c3cccnc3)no2)CC1=O. The molecule has 0 N–H and O–H groups in total. The van der Waals surface area contributed by atoms with Gasteiger partial charge in [-0.05, 0) is 30.2 Å². The van der Waals surface area contributed by atoms with Crippen molar-refractivity contribution in [2.24, 2.45) is 0 Å². The van der Waals surface area contributed by atoms with Crippen molar-refractivity contribution in [3.63, 3.8) is 0 Å². The number of para-hydroxylation sites is 1. The highest BCUT2D eigenvalue weighted by atomic mass is 16.5. The first-order valence-corrected chi connectivity index (χ1v) is 8.38. The van der Waals surface area contributed by atoms with Crippen molar-refractivity contribution in [1.29, 1.82) is 0 Å². The van der Waals surface area contributed by atoms with Crippen LogP contribution in [0.5, 0.6) is 0 Å². The van der Waals surface area contributed by atoms with E-state index in [0.717, 1.165) is 23.2 Å². The first-order chi connectivity index (χ1) is 12.3. The molecule has 6 nitrogen and oxygen atoms in total. The summed E-state index contributed by atoms with van der Waals surface area (Å²) in [5.41, 5.74) is 2.94. The quantitative estimate of drug-likeness (QED) is 0.732. The average Bonchev–Trinajstić information content (AvgIpc) is 3.29. The van der Waals surface area contributed by atoms with Crippen LogP contribution in [0.3, 0.4) is 0 Å². The number of amides is 1. The molecule has 126 valence electrons. The normalized spacial score (nSPS) is 17.2. The number of rotatable bonds is 4. The van der Waals surface area contributed by atoms with E-state index in [1.165, 1.54) is 0 Å². The first-order valence-electron chi connectivity index (χ1n) is 8.38. The summed E-state index contributed by atoms with van der Waals surface area (Å²) in [6.07, 6.45) is 4.66. The molecule has 3 aromatic rings. The molecule has 1 amide bonds. The van der Waals surface area contributed by atoms with Gasteiger partial charge in [-0.25, -0.2) is 0 Å². The Morgan fingerprint density at radius 2 is 2.12 bits per heavy atom. The van der Waals surface area contributed by atoms with Gasteiger partial charge in [-0.15, -0.1) is 0 Å². The summed E-state index contributed by atoms with van der Waals surface area (Å²) in [4.78, 5) is 22.9. The molecule has 1 aliphatic rings. The Hall–Kier alpha value is -3.02. The molecule has 3 heterocycles. The third kappa shape index (κ3) is 2.91. The third-order valence-corrected chi connectivity index (χ3v) is 4.50. The maximum atomic E-state index is 12.5. The van der Waals surface area contributed by atoms with Gasteiger partial charge in [0.05, 0.1) is 5.92 Å². The fraction of sp³-hybridized carbons (Fsp3) is 0.263. The molecule has 0 radical (unpaired) electrons. The van der Waals surface area contributed by atoms with Crippen molar-refractivity contribution < 1.29 is 9.32 Å². The van der Waals surface area contributed by atoms with Crippen LogP contribution < -0.4 is 4.90 Å². The summed E-state index contributed by atoms with van der Waals surface area (Å²) in [7, 11) is 0. The van der Waals surface area contributed by atoms with Gasteiger partial charge in [0, 0.05) is 36.6 Å². The number of aryl methyl sites for hydroxylation is 1. The summed E-state index contributed by atoms with van der Waals surface area (Å²) in [5.74, 6) is 1.01. The molecule has 0 spiro atoms. The van der Waals surface area contributed by atoms with Crippen LogP contribution in [0.2, 0.25) is 0 Å². The van der Waals surface area contributed by atoms with Crippen LogP contribution in [0.4, 0.5) is 5.69 Å². The monoisotopic (exact) mass is 334 g/mol. The fourth-order valence-electron chi connectivity index (χ4n) is 3.19. The topological polar surface area (TPSA) is 72.1 Å². The second-order valence-corrected chi connectivity index (χ2v) is 6.09. The Morgan fingerprint density at radius 1 is 1.24 bits per heavy atom. The molecule has 25 heavy (non-hydrogen) atoms. The molecule has 1 aliphatic heterocycles. The molecule has 6 heteroatoms. The molecule has 4 rings (SSSR count). The lowest BCUT2D eigenvalue weighted by Crippen LogP contribution is -2.25. The van der Waals surface area contributed by atoms with Crippen LogP contribution in [0.1, 0.15) is 30.7 Å². The van der Waals surface area contributed by atoms with Crippen molar-refractivity contribution in [2.75, 3.05) is 11.4 Å². The highest BCUT2D eigenvalue weighted by Gasteiger charge is 2.35. The molecule has 1 aromatic carbocycles. The van der Waals surface area contributed by atoms with Crippen LogP contribution in [0, 0.1) is 0 Å². The van der Waals surface area contributed by atoms with Crippen LogP contribution in [0.15, 0.2) is 53.3 Å². The number of anilines is 1. The van der Waals surface area contributed by atoms with Gasteiger partial charge in [0.15, 0.2) is 0 Å². The van der Waals surface area contributed by atoms with Gasteiger partial charge >= 0.3 is 0 Å². The van der Waals surface area contributed by atoms with Gasteiger partial charge in [0.1, 0.15) is 0 Å². The standard InChI is InChI=1S/C19H18N4O2/c1-2-13-6-3-4-8-16(13)23-12-15(10-17(23)24)19-21-18(22-25-19)14-7-5-9-20-11-14/h3-9,11,15H,2,10,12H2,1H3. The van der Waals surface area contributed by atoms with Gasteiger partial charge in [-0.1, -0.05) is 30.3 Å². The predicted octanol–water partition coefficient (Wildman–Crippen LogP) is 3.21. The molecule has 0 saturated carbocycles. The van der Waals surface area contributed by atoms with Crippen molar-refractivity contribution in [3.8, 4) is 11.4 Å². The summed E-state index contributed by atoms with van der Waals surface area (Å²) >= 11 is 0. The van der Waals surface area contributed by atoms with Crippen LogP contribution >= 0.6 is 0 Å². The first kappa shape index (κ1) is 15.5. The minimum absolute atomic E-state index is 0.0877. The van der Waals surface area contributed by atoms with Gasteiger partial charge in [-0.3, -0.25) is 9.78 Å². The molecular weight excluding hydrogens is 316 g/mol. The molecular formula is C19H18N4O2. The number of carbonyl (C=O) groups is 1. The van der Waals surface area contributed by atoms with Crippen LogP contribution in [-0.2, 0) is 11.2 Å². The summed E-state index contributed by atoms with van der Waals surface area (Å²) < 4.78 is 5.42. The predicted molar refractivity (Wildman–Crippen MR) is 93.1 cm³/mol. The molecule has 1 saturated heterocycles. The average molecular weight is 334 g/mol. The highest BCUT2D eigenvalue weighted by molar-refractivity contribution is 5.97. The Balaban J connectivity index is 1.58. The van der Waals surface area contributed by atoms with E-state index in [1.807, 2.05) is 35.2 Å². The molecule has 0 aliphatic carbocycles. The molecule has 1 unspecified atom stereocenters. The number of hydrogen-bond acceptors (Lipinski definition) is 5. The van der Waals surface area contributed by atoms with Gasteiger partial charge in [0.25, 0.3) is 0 Å². The van der Waals surface area contributed by atoms with E-state index >= 15 is 0 Å². The Morgan fingerprint density at radius 3 is 2.92 bits per heavy atom. The smallest absolute Gasteiger partial charge is 0.232 e. The number of hydrogen-bond donors (Lipinski definition) is 0. The summed E-state index contributed by atoms with van der Waals surface area (Å²) in [6.45, 7) is 2.65. The minimum atomic E-state index is -0.0877. The van der Waals surface area contributed by atoms with Crippen molar-refractivity contribution in [1.82, 2.24) is 15.1 Å². The van der Waals surface area contributed by atoms with E-state index in [9.17, 15) is 4.79 Å². The zero-order chi connectivity index (χ0) is 17.2. The molecule has 0 bridgehead atoms. The second-order valence-electron chi connectivity index (χ2n) is 6.09.